The Bertz CT molecular complexity index is 895. The second-order valence-electron chi connectivity index (χ2n) is 5.14. The molecule has 0 spiro atoms. The predicted octanol–water partition coefficient (Wildman–Crippen LogP) is 2.22. The van der Waals surface area contributed by atoms with Gasteiger partial charge in [-0.25, -0.2) is 9.18 Å². The first-order valence-corrected chi connectivity index (χ1v) is 8.64. The molecule has 0 bridgehead atoms. The molecule has 0 fully saturated rings. The average molecular weight is 383 g/mol. The van der Waals surface area contributed by atoms with Crippen molar-refractivity contribution < 1.29 is 31.4 Å². The number of halogens is 1. The second-order valence-corrected chi connectivity index (χ2v) is 6.72. The monoisotopic (exact) mass is 383 g/mol. The molecule has 0 aliphatic heterocycles. The number of nitrogens with zero attached hydrogens (tertiary/aromatic N) is 1. The summed E-state index contributed by atoms with van der Waals surface area (Å²) in [4.78, 5) is 21.5. The van der Waals surface area contributed by atoms with Gasteiger partial charge in [-0.15, -0.1) is 0 Å². The first-order valence-electron chi connectivity index (χ1n) is 7.23. The molecule has 8 nitrogen and oxygen atoms in total. The maximum Gasteiger partial charge on any atom is 0.336 e. The molecule has 0 amide bonds. The average Bonchev–Trinajstić information content (AvgIpc) is 2.62. The zero-order valence-corrected chi connectivity index (χ0v) is 14.3. The molecule has 10 heteroatoms. The highest BCUT2D eigenvalue weighted by atomic mass is 32.2. The third kappa shape index (κ3) is 4.83. The Labute approximate surface area is 148 Å². The van der Waals surface area contributed by atoms with Crippen LogP contribution in [0.15, 0.2) is 53.4 Å². The second kappa shape index (κ2) is 8.02. The van der Waals surface area contributed by atoms with Crippen molar-refractivity contribution in [3.8, 4) is 0 Å². The fourth-order valence-electron chi connectivity index (χ4n) is 2.07. The van der Waals surface area contributed by atoms with Crippen LogP contribution in [0.25, 0.3) is 0 Å². The molecule has 2 aromatic carbocycles. The number of nitro groups is 1. The van der Waals surface area contributed by atoms with Crippen molar-refractivity contribution in [3.05, 3.63) is 70.0 Å². The third-order valence-corrected chi connectivity index (χ3v) is 4.71. The lowest BCUT2D eigenvalue weighted by molar-refractivity contribution is -0.384. The van der Waals surface area contributed by atoms with Crippen molar-refractivity contribution >= 4 is 21.8 Å². The number of nitro benzene ring substituents is 1. The lowest BCUT2D eigenvalue weighted by Gasteiger charge is -2.15. The Morgan fingerprint density at radius 2 is 1.73 bits per heavy atom. The number of esters is 1. The number of carbonyl (C=O) groups excluding carboxylic acids is 1. The molecule has 1 unspecified atom stereocenters. The highest BCUT2D eigenvalue weighted by Crippen LogP contribution is 2.20. The third-order valence-electron chi connectivity index (χ3n) is 3.38. The maximum absolute atomic E-state index is 13.0. The van der Waals surface area contributed by atoms with Gasteiger partial charge in [-0.2, -0.15) is 8.42 Å². The summed E-state index contributed by atoms with van der Waals surface area (Å²) < 4.78 is 47.1. The lowest BCUT2D eigenvalue weighted by atomic mass is 10.1. The van der Waals surface area contributed by atoms with E-state index in [2.05, 4.69) is 4.74 Å². The summed E-state index contributed by atoms with van der Waals surface area (Å²) in [5.41, 5.74) is 0.167. The molecular formula is C16H14FNO7S. The molecule has 0 N–H and O–H groups in total. The molecule has 0 saturated carbocycles. The molecule has 0 aliphatic carbocycles. The number of carbonyl (C=O) groups is 1. The van der Waals surface area contributed by atoms with Gasteiger partial charge in [0, 0.05) is 18.6 Å². The predicted molar refractivity (Wildman–Crippen MR) is 87.3 cm³/mol. The minimum Gasteiger partial charge on any atom is -0.467 e. The number of rotatable bonds is 7. The van der Waals surface area contributed by atoms with Crippen LogP contribution < -0.4 is 0 Å². The molecule has 2 aromatic rings. The summed E-state index contributed by atoms with van der Waals surface area (Å²) in [5.74, 6) is -1.41. The summed E-state index contributed by atoms with van der Waals surface area (Å²) in [5, 5.41) is 10.6. The van der Waals surface area contributed by atoms with Gasteiger partial charge in [0.1, 0.15) is 5.82 Å². The van der Waals surface area contributed by atoms with E-state index in [4.69, 9.17) is 4.18 Å². The van der Waals surface area contributed by atoms with Gasteiger partial charge in [-0.05, 0) is 29.8 Å². The van der Waals surface area contributed by atoms with Crippen LogP contribution >= 0.6 is 0 Å². The number of hydrogen-bond donors (Lipinski definition) is 0. The Balaban J connectivity index is 2.24. The Hall–Kier alpha value is -2.85. The molecule has 0 heterocycles. The van der Waals surface area contributed by atoms with E-state index in [0.717, 1.165) is 43.5 Å². The molecule has 0 saturated heterocycles. The van der Waals surface area contributed by atoms with Crippen LogP contribution in [0.3, 0.4) is 0 Å². The van der Waals surface area contributed by atoms with Crippen molar-refractivity contribution in [1.82, 2.24) is 0 Å². The summed E-state index contributed by atoms with van der Waals surface area (Å²) in [6.07, 6.45) is -1.66. The largest absolute Gasteiger partial charge is 0.467 e. The van der Waals surface area contributed by atoms with Gasteiger partial charge in [0.05, 0.1) is 16.9 Å². The van der Waals surface area contributed by atoms with Gasteiger partial charge < -0.3 is 4.74 Å². The highest BCUT2D eigenvalue weighted by molar-refractivity contribution is 7.86. The first kappa shape index (κ1) is 19.5. The van der Waals surface area contributed by atoms with Crippen LogP contribution in [0.1, 0.15) is 5.56 Å². The van der Waals surface area contributed by atoms with Crippen molar-refractivity contribution in [2.75, 3.05) is 7.11 Å². The summed E-state index contributed by atoms with van der Waals surface area (Å²) >= 11 is 0. The Morgan fingerprint density at radius 1 is 1.15 bits per heavy atom. The number of benzene rings is 2. The minimum atomic E-state index is -4.38. The van der Waals surface area contributed by atoms with Crippen molar-refractivity contribution in [2.24, 2.45) is 0 Å². The van der Waals surface area contributed by atoms with Gasteiger partial charge in [-0.1, -0.05) is 12.1 Å². The number of non-ortho nitro benzene ring substituents is 1. The van der Waals surface area contributed by atoms with Crippen LogP contribution in [0.5, 0.6) is 0 Å². The van der Waals surface area contributed by atoms with E-state index in [1.807, 2.05) is 0 Å². The van der Waals surface area contributed by atoms with Crippen LogP contribution in [0.2, 0.25) is 0 Å². The van der Waals surface area contributed by atoms with E-state index >= 15 is 0 Å². The lowest BCUT2D eigenvalue weighted by Crippen LogP contribution is -2.30. The van der Waals surface area contributed by atoms with E-state index in [0.29, 0.717) is 5.56 Å². The fraction of sp³-hybridized carbons (Fsp3) is 0.188. The molecule has 1 atom stereocenters. The van der Waals surface area contributed by atoms with Crippen molar-refractivity contribution in [2.45, 2.75) is 17.4 Å². The van der Waals surface area contributed by atoms with E-state index in [1.165, 1.54) is 12.1 Å². The van der Waals surface area contributed by atoms with Crippen molar-refractivity contribution in [3.63, 3.8) is 0 Å². The summed E-state index contributed by atoms with van der Waals surface area (Å²) in [6.45, 7) is 0. The van der Waals surface area contributed by atoms with E-state index in [9.17, 15) is 27.7 Å². The van der Waals surface area contributed by atoms with Gasteiger partial charge >= 0.3 is 5.97 Å². The first-order chi connectivity index (χ1) is 12.2. The molecule has 0 radical (unpaired) electrons. The van der Waals surface area contributed by atoms with Gasteiger partial charge in [0.25, 0.3) is 15.8 Å². The molecule has 26 heavy (non-hydrogen) atoms. The molecule has 0 aliphatic rings. The zero-order valence-electron chi connectivity index (χ0n) is 13.5. The smallest absolute Gasteiger partial charge is 0.336 e. The van der Waals surface area contributed by atoms with Gasteiger partial charge in [0.2, 0.25) is 0 Å². The van der Waals surface area contributed by atoms with Crippen LogP contribution in [0.4, 0.5) is 10.1 Å². The van der Waals surface area contributed by atoms with Crippen LogP contribution in [-0.4, -0.2) is 32.5 Å². The van der Waals surface area contributed by atoms with Crippen LogP contribution in [-0.2, 0) is 30.3 Å². The topological polar surface area (TPSA) is 113 Å². The van der Waals surface area contributed by atoms with Gasteiger partial charge in [-0.3, -0.25) is 14.3 Å². The summed E-state index contributed by atoms with van der Waals surface area (Å²) in [6, 6.07) is 9.09. The number of methoxy groups -OCH3 is 1. The molecule has 138 valence electrons. The van der Waals surface area contributed by atoms with E-state index in [-0.39, 0.29) is 17.0 Å². The Morgan fingerprint density at radius 3 is 2.23 bits per heavy atom. The molecular weight excluding hydrogens is 369 g/mol. The van der Waals surface area contributed by atoms with E-state index < -0.39 is 32.9 Å². The number of hydrogen-bond acceptors (Lipinski definition) is 7. The normalized spacial score (nSPS) is 12.4. The SMILES string of the molecule is COC(=O)C(Cc1ccc(F)cc1)OS(=O)(=O)c1ccc([N+](=O)[O-])cc1. The quantitative estimate of drug-likeness (QED) is 0.312. The molecule has 2 rings (SSSR count). The zero-order chi connectivity index (χ0) is 19.3. The highest BCUT2D eigenvalue weighted by Gasteiger charge is 2.29. The Kier molecular flexibility index (Phi) is 6.01. The van der Waals surface area contributed by atoms with E-state index in [1.54, 1.807) is 0 Å². The fourth-order valence-corrected chi connectivity index (χ4v) is 3.10. The van der Waals surface area contributed by atoms with Crippen LogP contribution in [0, 0.1) is 15.9 Å². The summed E-state index contributed by atoms with van der Waals surface area (Å²) in [7, 11) is -3.31. The van der Waals surface area contributed by atoms with Gasteiger partial charge in [0.15, 0.2) is 6.10 Å². The maximum atomic E-state index is 13.0. The minimum absolute atomic E-state index is 0.167. The molecule has 0 aromatic heterocycles. The van der Waals surface area contributed by atoms with Crippen molar-refractivity contribution in [1.29, 1.82) is 0 Å². The standard InChI is InChI=1S/C16H14FNO7S/c1-24-16(19)15(10-11-2-4-12(17)5-3-11)25-26(22,23)14-8-6-13(7-9-14)18(20)21/h2-9,15H,10H2,1H3. The number of ether oxygens (including phenoxy) is 1.